The van der Waals surface area contributed by atoms with E-state index < -0.39 is 5.97 Å². The summed E-state index contributed by atoms with van der Waals surface area (Å²) in [6, 6.07) is 22.7. The molecular weight excluding hydrogens is 517 g/mol. The molecule has 0 fully saturated rings. The second-order valence-corrected chi connectivity index (χ2v) is 10.2. The molecule has 200 valence electrons. The first-order valence-electron chi connectivity index (χ1n) is 13.4. The van der Waals surface area contributed by atoms with Gasteiger partial charge >= 0.3 is 5.97 Å². The lowest BCUT2D eigenvalue weighted by molar-refractivity contribution is 0.0498. The van der Waals surface area contributed by atoms with Crippen molar-refractivity contribution >= 4 is 29.2 Å². The number of rotatable bonds is 16. The molecule has 3 rings (SSSR count). The molecule has 4 nitrogen and oxygen atoms in total. The van der Waals surface area contributed by atoms with Gasteiger partial charge in [-0.25, -0.2) is 4.79 Å². The molecule has 0 radical (unpaired) electrons. The van der Waals surface area contributed by atoms with Crippen LogP contribution in [-0.2, 0) is 4.74 Å². The molecule has 0 heterocycles. The average molecular weight is 553 g/mol. The van der Waals surface area contributed by atoms with E-state index in [0.717, 1.165) is 49.2 Å². The number of nitrogens with zero attached hydrogens (tertiary/aromatic N) is 1. The van der Waals surface area contributed by atoms with E-state index in [4.69, 9.17) is 37.9 Å². The first-order valence-corrected chi connectivity index (χ1v) is 14.2. The fourth-order valence-corrected chi connectivity index (χ4v) is 4.55. The van der Waals surface area contributed by atoms with Crippen molar-refractivity contribution < 1.29 is 14.3 Å². The summed E-state index contributed by atoms with van der Waals surface area (Å²) < 4.78 is 11.2. The van der Waals surface area contributed by atoms with Gasteiger partial charge in [0.15, 0.2) is 0 Å². The van der Waals surface area contributed by atoms with Crippen molar-refractivity contribution in [2.24, 2.45) is 0 Å². The Labute approximate surface area is 236 Å². The number of benzene rings is 3. The summed E-state index contributed by atoms with van der Waals surface area (Å²) in [5.74, 6) is 0.478. The third-order valence-electron chi connectivity index (χ3n) is 6.39. The number of halogens is 2. The minimum atomic E-state index is -0.416. The molecule has 0 atom stereocenters. The fraction of sp³-hybridized carbons (Fsp3) is 0.375. The lowest BCUT2D eigenvalue weighted by Gasteiger charge is -2.08. The van der Waals surface area contributed by atoms with E-state index in [-0.39, 0.29) is 0 Å². The highest BCUT2D eigenvalue weighted by Gasteiger charge is 2.12. The highest BCUT2D eigenvalue weighted by molar-refractivity contribution is 6.35. The normalized spacial score (nSPS) is 10.7. The molecule has 0 aliphatic carbocycles. The topological polar surface area (TPSA) is 59.3 Å². The molecule has 3 aromatic carbocycles. The minimum Gasteiger partial charge on any atom is -0.494 e. The quantitative estimate of drug-likeness (QED) is 0.131. The Morgan fingerprint density at radius 2 is 1.21 bits per heavy atom. The van der Waals surface area contributed by atoms with E-state index in [9.17, 15) is 4.79 Å². The van der Waals surface area contributed by atoms with Crippen LogP contribution in [0.3, 0.4) is 0 Å². The second kappa shape index (κ2) is 16.8. The zero-order valence-electron chi connectivity index (χ0n) is 21.8. The Morgan fingerprint density at radius 3 is 1.79 bits per heavy atom. The van der Waals surface area contributed by atoms with Crippen molar-refractivity contribution in [2.75, 3.05) is 13.2 Å². The third kappa shape index (κ3) is 10.4. The van der Waals surface area contributed by atoms with E-state index in [1.807, 2.05) is 36.4 Å². The summed E-state index contributed by atoms with van der Waals surface area (Å²) in [6.45, 7) is 1.15. The molecule has 0 unspecified atom stereocenters. The van der Waals surface area contributed by atoms with Gasteiger partial charge in [0.25, 0.3) is 0 Å². The van der Waals surface area contributed by atoms with E-state index >= 15 is 0 Å². The van der Waals surface area contributed by atoms with Crippen molar-refractivity contribution in [2.45, 2.75) is 64.2 Å². The van der Waals surface area contributed by atoms with Crippen molar-refractivity contribution in [3.63, 3.8) is 0 Å². The molecule has 3 aromatic rings. The molecule has 0 aliphatic rings. The van der Waals surface area contributed by atoms with Crippen LogP contribution in [0.1, 0.15) is 80.1 Å². The van der Waals surface area contributed by atoms with Crippen LogP contribution in [-0.4, -0.2) is 19.2 Å². The number of unbranched alkanes of at least 4 members (excludes halogenated alkanes) is 9. The predicted octanol–water partition coefficient (Wildman–Crippen LogP) is 9.67. The maximum atomic E-state index is 12.1. The average Bonchev–Trinajstić information content (AvgIpc) is 2.94. The van der Waals surface area contributed by atoms with Gasteiger partial charge in [-0.3, -0.25) is 0 Å². The summed E-state index contributed by atoms with van der Waals surface area (Å²) in [4.78, 5) is 12.1. The maximum Gasteiger partial charge on any atom is 0.339 e. The second-order valence-electron chi connectivity index (χ2n) is 9.36. The van der Waals surface area contributed by atoms with Crippen LogP contribution in [0.25, 0.3) is 11.1 Å². The molecule has 0 bridgehead atoms. The summed E-state index contributed by atoms with van der Waals surface area (Å²) >= 11 is 12.0. The van der Waals surface area contributed by atoms with Gasteiger partial charge < -0.3 is 9.47 Å². The molecule has 0 saturated carbocycles. The van der Waals surface area contributed by atoms with Gasteiger partial charge in [0.2, 0.25) is 0 Å². The maximum absolute atomic E-state index is 12.1. The number of nitriles is 1. The Hall–Kier alpha value is -3.00. The van der Waals surface area contributed by atoms with Gasteiger partial charge in [0, 0.05) is 5.02 Å². The molecule has 6 heteroatoms. The zero-order chi connectivity index (χ0) is 27.0. The van der Waals surface area contributed by atoms with Gasteiger partial charge in [-0.1, -0.05) is 98.8 Å². The molecule has 0 aromatic heterocycles. The number of ether oxygens (including phenoxy) is 2. The van der Waals surface area contributed by atoms with Gasteiger partial charge in [0.05, 0.1) is 35.4 Å². The third-order valence-corrected chi connectivity index (χ3v) is 6.96. The predicted molar refractivity (Wildman–Crippen MR) is 155 cm³/mol. The van der Waals surface area contributed by atoms with Gasteiger partial charge in [0.1, 0.15) is 5.75 Å². The molecule has 0 amide bonds. The number of hydrogen-bond acceptors (Lipinski definition) is 4. The monoisotopic (exact) mass is 551 g/mol. The van der Waals surface area contributed by atoms with Crippen LogP contribution >= 0.6 is 23.2 Å². The van der Waals surface area contributed by atoms with Crippen molar-refractivity contribution in [3.8, 4) is 22.9 Å². The van der Waals surface area contributed by atoms with E-state index in [0.29, 0.717) is 27.8 Å². The molecular formula is C32H35Cl2NO3. The van der Waals surface area contributed by atoms with E-state index in [1.54, 1.807) is 12.1 Å². The lowest BCUT2D eigenvalue weighted by Crippen LogP contribution is -2.07. The smallest absolute Gasteiger partial charge is 0.339 e. The SMILES string of the molecule is N#Cc1ccc(-c2ccc(OCCCCCCCCCCCCOC(=O)c3cc(Cl)ccc3Cl)cc2)cc1. The first kappa shape index (κ1) is 29.6. The van der Waals surface area contributed by atoms with Crippen LogP contribution in [0, 0.1) is 11.3 Å². The van der Waals surface area contributed by atoms with Gasteiger partial charge in [-0.2, -0.15) is 5.26 Å². The molecule has 0 N–H and O–H groups in total. The number of hydrogen-bond donors (Lipinski definition) is 0. The molecule has 38 heavy (non-hydrogen) atoms. The number of esters is 1. The summed E-state index contributed by atoms with van der Waals surface area (Å²) in [5, 5.41) is 9.75. The van der Waals surface area contributed by atoms with E-state index in [1.165, 1.54) is 44.6 Å². The fourth-order valence-electron chi connectivity index (χ4n) is 4.19. The van der Waals surface area contributed by atoms with Crippen LogP contribution < -0.4 is 4.74 Å². The van der Waals surface area contributed by atoms with Crippen LogP contribution in [0.5, 0.6) is 5.75 Å². The standard InChI is InChI=1S/C32H35Cl2NO3/c33-28-17-20-31(34)30(23-28)32(36)38-22-10-8-6-4-2-1-3-5-7-9-21-37-29-18-15-27(16-19-29)26-13-11-25(24-35)12-14-26/h11-20,23H,1-10,21-22H2. The van der Waals surface area contributed by atoms with Crippen LogP contribution in [0.4, 0.5) is 0 Å². The highest BCUT2D eigenvalue weighted by Crippen LogP contribution is 2.23. The largest absolute Gasteiger partial charge is 0.494 e. The number of carbonyl (C=O) groups is 1. The van der Waals surface area contributed by atoms with Crippen LogP contribution in [0.2, 0.25) is 10.0 Å². The van der Waals surface area contributed by atoms with Crippen molar-refractivity contribution in [1.82, 2.24) is 0 Å². The lowest BCUT2D eigenvalue weighted by atomic mass is 10.0. The number of carbonyl (C=O) groups excluding carboxylic acids is 1. The molecule has 0 aliphatic heterocycles. The van der Waals surface area contributed by atoms with Crippen LogP contribution in [0.15, 0.2) is 66.7 Å². The highest BCUT2D eigenvalue weighted by atomic mass is 35.5. The minimum absolute atomic E-state index is 0.320. The zero-order valence-corrected chi connectivity index (χ0v) is 23.3. The Bertz CT molecular complexity index is 1170. The first-order chi connectivity index (χ1) is 18.6. The molecule has 0 spiro atoms. The summed E-state index contributed by atoms with van der Waals surface area (Å²) in [7, 11) is 0. The van der Waals surface area contributed by atoms with Gasteiger partial charge in [-0.05, 0) is 66.4 Å². The Balaban J connectivity index is 1.13. The van der Waals surface area contributed by atoms with Crippen molar-refractivity contribution in [3.05, 3.63) is 87.9 Å². The summed E-state index contributed by atoms with van der Waals surface area (Å²) in [5.41, 5.74) is 3.20. The van der Waals surface area contributed by atoms with Gasteiger partial charge in [-0.15, -0.1) is 0 Å². The van der Waals surface area contributed by atoms with Crippen molar-refractivity contribution in [1.29, 1.82) is 5.26 Å². The molecule has 0 saturated heterocycles. The van der Waals surface area contributed by atoms with E-state index in [2.05, 4.69) is 18.2 Å². The Kier molecular flexibility index (Phi) is 13.0. The summed E-state index contributed by atoms with van der Waals surface area (Å²) in [6.07, 6.45) is 11.6. The Morgan fingerprint density at radius 1 is 0.684 bits per heavy atom.